The standard InChI is InChI=1S/C21H14ClF5N6O3/c1-9-15(11-6-29-33(7-11)20(23)24)31-17-10(4-12(21(25,26)27)8-32(17)18(9)34)5-28-13-2-3-14(22)30-16(13)19(35)36/h2-4,6-8,20,28H,5H2,1H3,(H,35,36). The Morgan fingerprint density at radius 3 is 2.56 bits per heavy atom. The van der Waals surface area contributed by atoms with Crippen molar-refractivity contribution in [1.29, 1.82) is 0 Å². The van der Waals surface area contributed by atoms with Gasteiger partial charge in [-0.1, -0.05) is 11.6 Å². The van der Waals surface area contributed by atoms with Crippen molar-refractivity contribution >= 4 is 28.9 Å². The van der Waals surface area contributed by atoms with Crippen molar-refractivity contribution in [3.05, 3.63) is 74.7 Å². The molecule has 2 N–H and O–H groups in total. The van der Waals surface area contributed by atoms with Crippen LogP contribution < -0.4 is 10.9 Å². The Balaban J connectivity index is 1.89. The lowest BCUT2D eigenvalue weighted by Crippen LogP contribution is -2.23. The van der Waals surface area contributed by atoms with E-state index in [1.54, 1.807) is 0 Å². The molecule has 0 spiro atoms. The van der Waals surface area contributed by atoms with Gasteiger partial charge < -0.3 is 10.4 Å². The third-order valence-corrected chi connectivity index (χ3v) is 5.37. The summed E-state index contributed by atoms with van der Waals surface area (Å²) in [5, 5.41) is 15.4. The highest BCUT2D eigenvalue weighted by atomic mass is 35.5. The van der Waals surface area contributed by atoms with Crippen LogP contribution in [0, 0.1) is 6.92 Å². The number of rotatable bonds is 6. The fraction of sp³-hybridized carbons (Fsp3) is 0.190. The van der Waals surface area contributed by atoms with Crippen LogP contribution >= 0.6 is 11.6 Å². The number of nitrogens with zero attached hydrogens (tertiary/aromatic N) is 5. The first-order valence-electron chi connectivity index (χ1n) is 9.96. The van der Waals surface area contributed by atoms with Gasteiger partial charge >= 0.3 is 18.7 Å². The summed E-state index contributed by atoms with van der Waals surface area (Å²) in [6.07, 6.45) is -2.23. The first-order valence-corrected chi connectivity index (χ1v) is 10.3. The highest BCUT2D eigenvalue weighted by Crippen LogP contribution is 2.31. The van der Waals surface area contributed by atoms with Gasteiger partial charge in [-0.3, -0.25) is 9.20 Å². The van der Waals surface area contributed by atoms with Gasteiger partial charge in [-0.25, -0.2) is 19.4 Å². The number of carboxylic acid groups (broad SMARTS) is 1. The van der Waals surface area contributed by atoms with Crippen LogP contribution in [0.1, 0.15) is 33.7 Å². The third-order valence-electron chi connectivity index (χ3n) is 5.16. The summed E-state index contributed by atoms with van der Waals surface area (Å²) in [5.74, 6) is -1.43. The molecule has 0 atom stereocenters. The number of hydrogen-bond acceptors (Lipinski definition) is 6. The number of carbonyl (C=O) groups is 1. The molecule has 0 fully saturated rings. The molecule has 4 rings (SSSR count). The zero-order valence-corrected chi connectivity index (χ0v) is 18.8. The minimum atomic E-state index is -4.82. The van der Waals surface area contributed by atoms with Crippen molar-refractivity contribution in [2.45, 2.75) is 26.2 Å². The van der Waals surface area contributed by atoms with Gasteiger partial charge in [-0.2, -0.15) is 27.1 Å². The molecule has 0 aliphatic rings. The Bertz CT molecular complexity index is 1550. The van der Waals surface area contributed by atoms with Crippen molar-refractivity contribution < 1.29 is 31.9 Å². The van der Waals surface area contributed by atoms with Gasteiger partial charge in [0.25, 0.3) is 5.56 Å². The lowest BCUT2D eigenvalue weighted by Gasteiger charge is -2.16. The van der Waals surface area contributed by atoms with E-state index in [1.165, 1.54) is 19.1 Å². The quantitative estimate of drug-likeness (QED) is 0.277. The molecule has 4 aromatic rings. The number of hydrogen-bond donors (Lipinski definition) is 2. The maximum atomic E-state index is 13.6. The number of carboxylic acids is 1. The molecule has 0 aliphatic heterocycles. The fourth-order valence-corrected chi connectivity index (χ4v) is 3.61. The Morgan fingerprint density at radius 2 is 1.94 bits per heavy atom. The van der Waals surface area contributed by atoms with Crippen molar-refractivity contribution in [2.24, 2.45) is 0 Å². The summed E-state index contributed by atoms with van der Waals surface area (Å²) in [6, 6.07) is 3.31. The fourth-order valence-electron chi connectivity index (χ4n) is 3.46. The minimum absolute atomic E-state index is 0.0460. The van der Waals surface area contributed by atoms with E-state index in [9.17, 15) is 36.6 Å². The molecule has 0 saturated carbocycles. The van der Waals surface area contributed by atoms with E-state index < -0.39 is 42.1 Å². The Hall–Kier alpha value is -4.07. The molecule has 0 unspecified atom stereocenters. The maximum absolute atomic E-state index is 13.6. The molecule has 15 heteroatoms. The van der Waals surface area contributed by atoms with Crippen molar-refractivity contribution in [2.75, 3.05) is 5.32 Å². The second kappa shape index (κ2) is 9.18. The number of halogens is 6. The van der Waals surface area contributed by atoms with Crippen molar-refractivity contribution in [3.63, 3.8) is 0 Å². The molecule has 0 saturated heterocycles. The Kier molecular flexibility index (Phi) is 6.39. The molecule has 4 heterocycles. The molecular formula is C21H14ClF5N6O3. The lowest BCUT2D eigenvalue weighted by atomic mass is 10.1. The molecule has 0 amide bonds. The largest absolute Gasteiger partial charge is 0.476 e. The van der Waals surface area contributed by atoms with Crippen LogP contribution in [-0.4, -0.2) is 35.2 Å². The van der Waals surface area contributed by atoms with Gasteiger partial charge in [0.15, 0.2) is 5.69 Å². The molecule has 188 valence electrons. The monoisotopic (exact) mass is 528 g/mol. The van der Waals surface area contributed by atoms with Gasteiger partial charge in [-0.15, -0.1) is 0 Å². The predicted molar refractivity (Wildman–Crippen MR) is 117 cm³/mol. The van der Waals surface area contributed by atoms with E-state index in [0.29, 0.717) is 15.3 Å². The summed E-state index contributed by atoms with van der Waals surface area (Å²) in [6.45, 7) is -2.05. The molecule has 0 bridgehead atoms. The van der Waals surface area contributed by atoms with Crippen LogP contribution in [0.25, 0.3) is 16.9 Å². The van der Waals surface area contributed by atoms with Crippen LogP contribution in [0.5, 0.6) is 0 Å². The predicted octanol–water partition coefficient (Wildman–Crippen LogP) is 4.64. The topological polar surface area (TPSA) is 114 Å². The van der Waals surface area contributed by atoms with E-state index in [1.807, 2.05) is 0 Å². The summed E-state index contributed by atoms with van der Waals surface area (Å²) in [4.78, 5) is 32.5. The first kappa shape index (κ1) is 25.0. The van der Waals surface area contributed by atoms with Crippen LogP contribution in [0.4, 0.5) is 27.6 Å². The number of nitrogens with one attached hydrogen (secondary N) is 1. The van der Waals surface area contributed by atoms with Crippen LogP contribution in [0.3, 0.4) is 0 Å². The van der Waals surface area contributed by atoms with Crippen molar-refractivity contribution in [3.8, 4) is 11.3 Å². The molecule has 9 nitrogen and oxygen atoms in total. The number of anilines is 1. The molecule has 0 aromatic carbocycles. The molecule has 36 heavy (non-hydrogen) atoms. The molecule has 0 aliphatic carbocycles. The SMILES string of the molecule is Cc1c(-c2cnn(C(F)F)c2)nc2c(CNc3ccc(Cl)nc3C(=O)O)cc(C(F)(F)F)cn2c1=O. The zero-order valence-electron chi connectivity index (χ0n) is 18.0. The summed E-state index contributed by atoms with van der Waals surface area (Å²) >= 11 is 5.73. The van der Waals surface area contributed by atoms with Crippen LogP contribution in [0.15, 0.2) is 41.6 Å². The maximum Gasteiger partial charge on any atom is 0.417 e. The lowest BCUT2D eigenvalue weighted by molar-refractivity contribution is -0.137. The Labute approximate surface area is 202 Å². The second-order valence-corrected chi connectivity index (χ2v) is 7.90. The highest BCUT2D eigenvalue weighted by Gasteiger charge is 2.32. The Morgan fingerprint density at radius 1 is 1.22 bits per heavy atom. The highest BCUT2D eigenvalue weighted by molar-refractivity contribution is 6.29. The van der Waals surface area contributed by atoms with Gasteiger partial charge in [0, 0.05) is 35.6 Å². The first-order chi connectivity index (χ1) is 16.9. The molecule has 4 aromatic heterocycles. The molecular weight excluding hydrogens is 515 g/mol. The van der Waals surface area contributed by atoms with Crippen LogP contribution in [-0.2, 0) is 12.7 Å². The number of pyridine rings is 2. The van der Waals surface area contributed by atoms with Gasteiger partial charge in [0.2, 0.25) is 0 Å². The van der Waals surface area contributed by atoms with Gasteiger partial charge in [0.1, 0.15) is 10.8 Å². The third kappa shape index (κ3) is 4.71. The second-order valence-electron chi connectivity index (χ2n) is 7.51. The van der Waals surface area contributed by atoms with E-state index in [4.69, 9.17) is 11.6 Å². The minimum Gasteiger partial charge on any atom is -0.476 e. The number of alkyl halides is 5. The van der Waals surface area contributed by atoms with Crippen molar-refractivity contribution in [1.82, 2.24) is 24.1 Å². The number of fused-ring (bicyclic) bond motifs is 1. The van der Waals surface area contributed by atoms with E-state index in [0.717, 1.165) is 18.5 Å². The average molecular weight is 529 g/mol. The van der Waals surface area contributed by atoms with E-state index in [-0.39, 0.29) is 38.9 Å². The number of aromatic nitrogens is 5. The van der Waals surface area contributed by atoms with E-state index in [2.05, 4.69) is 20.4 Å². The summed E-state index contributed by atoms with van der Waals surface area (Å²) < 4.78 is 67.7. The van der Waals surface area contributed by atoms with Gasteiger partial charge in [0.05, 0.1) is 23.1 Å². The smallest absolute Gasteiger partial charge is 0.417 e. The summed E-state index contributed by atoms with van der Waals surface area (Å²) in [5.41, 5.74) is -2.94. The van der Waals surface area contributed by atoms with E-state index >= 15 is 0 Å². The zero-order chi connectivity index (χ0) is 26.4. The normalized spacial score (nSPS) is 11.9. The van der Waals surface area contributed by atoms with Gasteiger partial charge in [-0.05, 0) is 25.1 Å². The van der Waals surface area contributed by atoms with Crippen LogP contribution in [0.2, 0.25) is 5.15 Å². The number of aromatic carboxylic acids is 1. The average Bonchev–Trinajstić information content (AvgIpc) is 3.30. The molecule has 0 radical (unpaired) electrons. The summed E-state index contributed by atoms with van der Waals surface area (Å²) in [7, 11) is 0.